The molecule has 0 unspecified atom stereocenters. The summed E-state index contributed by atoms with van der Waals surface area (Å²) in [5.74, 6) is -2.30. The van der Waals surface area contributed by atoms with E-state index in [9.17, 15) is 8.78 Å². The van der Waals surface area contributed by atoms with Crippen LogP contribution in [0.15, 0.2) is 42.9 Å². The minimum Gasteiger partial charge on any atom is -0.349 e. The average molecular weight is 424 g/mol. The van der Waals surface area contributed by atoms with Gasteiger partial charge in [0.25, 0.3) is 5.92 Å². The third-order valence-electron chi connectivity index (χ3n) is 5.37. The molecule has 0 atom stereocenters. The van der Waals surface area contributed by atoms with Gasteiger partial charge in [-0.15, -0.1) is 0 Å². The van der Waals surface area contributed by atoms with Crippen molar-refractivity contribution in [2.75, 3.05) is 31.1 Å². The van der Waals surface area contributed by atoms with Crippen LogP contribution in [-0.4, -0.2) is 62.0 Å². The zero-order valence-corrected chi connectivity index (χ0v) is 17.0. The number of fused-ring (bicyclic) bond motifs is 1. The number of anilines is 1. The van der Waals surface area contributed by atoms with Gasteiger partial charge in [-0.25, -0.2) is 13.8 Å². The Morgan fingerprint density at radius 2 is 2.10 bits per heavy atom. The molecule has 0 amide bonds. The van der Waals surface area contributed by atoms with Gasteiger partial charge in [0.1, 0.15) is 11.5 Å². The Balaban J connectivity index is 1.52. The van der Waals surface area contributed by atoms with Gasteiger partial charge >= 0.3 is 0 Å². The normalized spacial score (nSPS) is 16.5. The molecule has 0 radical (unpaired) electrons. The van der Waals surface area contributed by atoms with E-state index in [1.165, 1.54) is 0 Å². The Morgan fingerprint density at radius 1 is 1.19 bits per heavy atom. The summed E-state index contributed by atoms with van der Waals surface area (Å²) >= 11 is 0. The summed E-state index contributed by atoms with van der Waals surface area (Å²) in [6, 6.07) is 7.36. The molecule has 1 aliphatic heterocycles. The summed E-state index contributed by atoms with van der Waals surface area (Å²) in [5, 5.41) is 15.4. The van der Waals surface area contributed by atoms with Crippen LogP contribution in [0.5, 0.6) is 0 Å². The highest BCUT2D eigenvalue weighted by molar-refractivity contribution is 5.93. The molecule has 8 nitrogen and oxygen atoms in total. The highest BCUT2D eigenvalue weighted by atomic mass is 19.3. The third kappa shape index (κ3) is 3.86. The number of aromatic amines is 1. The second kappa shape index (κ2) is 7.69. The summed E-state index contributed by atoms with van der Waals surface area (Å²) in [6.07, 6.45) is 5.46. The van der Waals surface area contributed by atoms with Crippen LogP contribution in [0.3, 0.4) is 0 Å². The Kier molecular flexibility index (Phi) is 4.85. The van der Waals surface area contributed by atoms with Crippen LogP contribution < -0.4 is 10.2 Å². The van der Waals surface area contributed by atoms with Gasteiger partial charge in [-0.05, 0) is 25.1 Å². The second-order valence-corrected chi connectivity index (χ2v) is 7.61. The maximum absolute atomic E-state index is 14.1. The lowest BCUT2D eigenvalue weighted by atomic mass is 10.1. The van der Waals surface area contributed by atoms with Crippen molar-refractivity contribution in [3.05, 3.63) is 42.9 Å². The van der Waals surface area contributed by atoms with Crippen molar-refractivity contribution in [2.45, 2.75) is 19.4 Å². The molecule has 0 bridgehead atoms. The van der Waals surface area contributed by atoms with Crippen LogP contribution in [0.4, 0.5) is 14.6 Å². The van der Waals surface area contributed by atoms with Crippen molar-refractivity contribution in [1.29, 1.82) is 0 Å². The van der Waals surface area contributed by atoms with Gasteiger partial charge in [0.15, 0.2) is 0 Å². The van der Waals surface area contributed by atoms with Crippen LogP contribution in [-0.2, 0) is 6.54 Å². The number of pyridine rings is 2. The lowest BCUT2D eigenvalue weighted by molar-refractivity contribution is 0.0156. The van der Waals surface area contributed by atoms with Crippen LogP contribution in [0.1, 0.15) is 6.92 Å². The molecule has 1 aliphatic rings. The average Bonchev–Trinajstić information content (AvgIpc) is 3.38. The van der Waals surface area contributed by atoms with Gasteiger partial charge in [-0.3, -0.25) is 14.8 Å². The Bertz CT molecular complexity index is 1220. The number of nitrogens with zero attached hydrogens (tertiary/aromatic N) is 6. The predicted octanol–water partition coefficient (Wildman–Crippen LogP) is 2.95. The smallest absolute Gasteiger partial charge is 0.277 e. The number of aryl methyl sites for hydroxylation is 1. The summed E-state index contributed by atoms with van der Waals surface area (Å²) < 4.78 is 29.9. The molecule has 4 aromatic rings. The quantitative estimate of drug-likeness (QED) is 0.524. The van der Waals surface area contributed by atoms with Gasteiger partial charge in [-0.1, -0.05) is 6.07 Å². The Hall–Kier alpha value is -3.40. The van der Waals surface area contributed by atoms with Crippen molar-refractivity contribution < 1.29 is 8.78 Å². The SMILES string of the molecule is CCn1cc(-c2cc3c(-c4cccc(N5CCNCC(F)(F)C5)n4)n[nH]c3cn2)cn1. The van der Waals surface area contributed by atoms with E-state index >= 15 is 0 Å². The topological polar surface area (TPSA) is 87.5 Å². The highest BCUT2D eigenvalue weighted by Gasteiger charge is 2.34. The Labute approximate surface area is 177 Å². The van der Waals surface area contributed by atoms with Crippen molar-refractivity contribution in [3.63, 3.8) is 0 Å². The van der Waals surface area contributed by atoms with Gasteiger partial charge in [0.2, 0.25) is 0 Å². The zero-order chi connectivity index (χ0) is 21.4. The van der Waals surface area contributed by atoms with E-state index in [1.54, 1.807) is 23.4 Å². The first-order valence-electron chi connectivity index (χ1n) is 10.2. The molecule has 31 heavy (non-hydrogen) atoms. The maximum Gasteiger partial charge on any atom is 0.277 e. The number of alkyl halides is 2. The van der Waals surface area contributed by atoms with Crippen LogP contribution in [0.25, 0.3) is 33.5 Å². The summed E-state index contributed by atoms with van der Waals surface area (Å²) in [5.41, 5.74) is 3.74. The third-order valence-corrected chi connectivity index (χ3v) is 5.37. The largest absolute Gasteiger partial charge is 0.349 e. The molecular weight excluding hydrogens is 402 g/mol. The molecule has 0 spiro atoms. The van der Waals surface area contributed by atoms with Crippen LogP contribution in [0, 0.1) is 0 Å². The lowest BCUT2D eigenvalue weighted by Gasteiger charge is -2.24. The lowest BCUT2D eigenvalue weighted by Crippen LogP contribution is -2.38. The molecule has 5 heterocycles. The molecule has 10 heteroatoms. The minimum absolute atomic E-state index is 0.322. The maximum atomic E-state index is 14.1. The fourth-order valence-corrected chi connectivity index (χ4v) is 3.76. The van der Waals surface area contributed by atoms with E-state index in [0.717, 1.165) is 28.7 Å². The number of hydrogen-bond acceptors (Lipinski definition) is 6. The van der Waals surface area contributed by atoms with Crippen LogP contribution >= 0.6 is 0 Å². The monoisotopic (exact) mass is 424 g/mol. The number of aromatic nitrogens is 6. The number of hydrogen-bond donors (Lipinski definition) is 2. The van der Waals surface area contributed by atoms with Crippen LogP contribution in [0.2, 0.25) is 0 Å². The summed E-state index contributed by atoms with van der Waals surface area (Å²) in [4.78, 5) is 10.8. The first-order chi connectivity index (χ1) is 15.0. The standard InChI is InChI=1S/C21H22F2N8/c1-2-31-11-14(9-26-31)17-8-15-18(10-25-17)28-29-20(15)16-4-3-5-19(27-16)30-7-6-24-12-21(22,23)13-30/h3-5,8-11,24H,2,6-7,12-13H2,1H3,(H,28,29). The van der Waals surface area contributed by atoms with Crippen molar-refractivity contribution in [2.24, 2.45) is 0 Å². The molecule has 160 valence electrons. The molecule has 5 rings (SSSR count). The van der Waals surface area contributed by atoms with Gasteiger partial charge in [0.05, 0.1) is 42.4 Å². The van der Waals surface area contributed by atoms with E-state index in [4.69, 9.17) is 0 Å². The van der Waals surface area contributed by atoms with Gasteiger partial charge in [-0.2, -0.15) is 10.2 Å². The predicted molar refractivity (Wildman–Crippen MR) is 114 cm³/mol. The fraction of sp³-hybridized carbons (Fsp3) is 0.333. The Morgan fingerprint density at radius 3 is 2.94 bits per heavy atom. The number of halogens is 2. The molecule has 0 saturated carbocycles. The molecule has 4 aromatic heterocycles. The van der Waals surface area contributed by atoms with E-state index in [-0.39, 0.29) is 13.1 Å². The van der Waals surface area contributed by atoms with Gasteiger partial charge in [0, 0.05) is 36.8 Å². The fourth-order valence-electron chi connectivity index (χ4n) is 3.76. The summed E-state index contributed by atoms with van der Waals surface area (Å²) in [7, 11) is 0. The number of nitrogens with one attached hydrogen (secondary N) is 2. The van der Waals surface area contributed by atoms with Crippen molar-refractivity contribution >= 4 is 16.7 Å². The van der Waals surface area contributed by atoms with Crippen molar-refractivity contribution in [3.8, 4) is 22.6 Å². The van der Waals surface area contributed by atoms with Crippen molar-refractivity contribution in [1.82, 2.24) is 35.3 Å². The van der Waals surface area contributed by atoms with E-state index in [0.29, 0.717) is 30.3 Å². The van der Waals surface area contributed by atoms with E-state index < -0.39 is 5.92 Å². The molecule has 1 saturated heterocycles. The zero-order valence-electron chi connectivity index (χ0n) is 17.0. The molecule has 2 N–H and O–H groups in total. The van der Waals surface area contributed by atoms with E-state index in [2.05, 4.69) is 30.6 Å². The molecule has 0 aliphatic carbocycles. The number of H-pyrrole nitrogens is 1. The minimum atomic E-state index is -2.81. The summed E-state index contributed by atoms with van der Waals surface area (Å²) in [6.45, 7) is 3.05. The first kappa shape index (κ1) is 19.6. The number of rotatable bonds is 4. The first-order valence-corrected chi connectivity index (χ1v) is 10.2. The molecule has 1 fully saturated rings. The second-order valence-electron chi connectivity index (χ2n) is 7.61. The highest BCUT2D eigenvalue weighted by Crippen LogP contribution is 2.30. The molecular formula is C21H22F2N8. The molecule has 0 aromatic carbocycles. The van der Waals surface area contributed by atoms with Gasteiger partial charge < -0.3 is 10.2 Å². The van der Waals surface area contributed by atoms with E-state index in [1.807, 2.05) is 36.0 Å².